The lowest BCUT2D eigenvalue weighted by Crippen LogP contribution is -2.40. The minimum atomic E-state index is 0.0135. The zero-order chi connectivity index (χ0) is 18.5. The average Bonchev–Trinajstić information content (AvgIpc) is 2.66. The van der Waals surface area contributed by atoms with E-state index in [2.05, 4.69) is 18.8 Å². The topological polar surface area (TPSA) is 51.7 Å². The Hall–Kier alpha value is -2.30. The number of methoxy groups -OCH3 is 1. The van der Waals surface area contributed by atoms with Crippen molar-refractivity contribution in [1.29, 1.82) is 0 Å². The van der Waals surface area contributed by atoms with Gasteiger partial charge < -0.3 is 14.4 Å². The molecule has 0 unspecified atom stereocenters. The molecule has 1 aromatic heterocycles. The molecule has 0 radical (unpaired) electrons. The minimum Gasteiger partial charge on any atom is -0.497 e. The lowest BCUT2D eigenvalue weighted by Gasteiger charge is -2.31. The number of aromatic nitrogens is 1. The molecule has 1 aliphatic heterocycles. The lowest BCUT2D eigenvalue weighted by atomic mass is 9.94. The second-order valence-corrected chi connectivity index (χ2v) is 6.92. The van der Waals surface area contributed by atoms with Gasteiger partial charge in [0.25, 0.3) is 5.91 Å². The van der Waals surface area contributed by atoms with Crippen molar-refractivity contribution in [1.82, 2.24) is 4.98 Å². The number of anilines is 1. The Morgan fingerprint density at radius 3 is 2.69 bits per heavy atom. The van der Waals surface area contributed by atoms with E-state index < -0.39 is 0 Å². The molecule has 1 aromatic carbocycles. The number of carbonyl (C=O) groups is 1. The van der Waals surface area contributed by atoms with E-state index in [0.29, 0.717) is 11.7 Å². The van der Waals surface area contributed by atoms with E-state index in [9.17, 15) is 4.79 Å². The second-order valence-electron chi connectivity index (χ2n) is 6.92. The van der Waals surface area contributed by atoms with Gasteiger partial charge in [-0.15, -0.1) is 0 Å². The standard InChI is InChI=1S/C21H28N2O3/c1-4-6-15(7-5-2)10-11-23-20(24)14-26-19-13-22-18-9-8-16(25-3)12-17(18)21(19)23/h8-9,12-13,15H,4-7,10-11,14H2,1-3H3. The Morgan fingerprint density at radius 1 is 1.23 bits per heavy atom. The number of rotatable bonds is 8. The first-order chi connectivity index (χ1) is 12.7. The molecule has 1 amide bonds. The number of hydrogen-bond donors (Lipinski definition) is 0. The van der Waals surface area contributed by atoms with Crippen LogP contribution in [0.15, 0.2) is 24.4 Å². The highest BCUT2D eigenvalue weighted by Gasteiger charge is 2.28. The van der Waals surface area contributed by atoms with Crippen LogP contribution in [0, 0.1) is 5.92 Å². The van der Waals surface area contributed by atoms with E-state index in [4.69, 9.17) is 9.47 Å². The van der Waals surface area contributed by atoms with Gasteiger partial charge in [-0.1, -0.05) is 39.5 Å². The number of hydrogen-bond acceptors (Lipinski definition) is 4. The fraction of sp³-hybridized carbons (Fsp3) is 0.524. The first-order valence-corrected chi connectivity index (χ1v) is 9.57. The normalized spacial score (nSPS) is 13.8. The number of fused-ring (bicyclic) bond motifs is 3. The quantitative estimate of drug-likeness (QED) is 0.695. The average molecular weight is 356 g/mol. The second kappa shape index (κ2) is 8.39. The first-order valence-electron chi connectivity index (χ1n) is 9.57. The molecule has 2 heterocycles. The summed E-state index contributed by atoms with van der Waals surface area (Å²) in [4.78, 5) is 19.0. The van der Waals surface area contributed by atoms with Crippen LogP contribution in [0.25, 0.3) is 10.9 Å². The van der Waals surface area contributed by atoms with Crippen molar-refractivity contribution in [3.05, 3.63) is 24.4 Å². The largest absolute Gasteiger partial charge is 0.497 e. The van der Waals surface area contributed by atoms with E-state index in [-0.39, 0.29) is 12.5 Å². The third-order valence-electron chi connectivity index (χ3n) is 5.09. The van der Waals surface area contributed by atoms with Crippen molar-refractivity contribution in [2.75, 3.05) is 25.2 Å². The number of nitrogens with zero attached hydrogens (tertiary/aromatic N) is 2. The van der Waals surface area contributed by atoms with Crippen LogP contribution in [0.2, 0.25) is 0 Å². The highest BCUT2D eigenvalue weighted by atomic mass is 16.5. The summed E-state index contributed by atoms with van der Waals surface area (Å²) >= 11 is 0. The van der Waals surface area contributed by atoms with Crippen molar-refractivity contribution in [3.8, 4) is 11.5 Å². The maximum atomic E-state index is 12.6. The van der Waals surface area contributed by atoms with E-state index in [1.807, 2.05) is 23.1 Å². The van der Waals surface area contributed by atoms with Crippen LogP contribution in [0.5, 0.6) is 11.5 Å². The highest BCUT2D eigenvalue weighted by Crippen LogP contribution is 2.39. The van der Waals surface area contributed by atoms with Crippen molar-refractivity contribution < 1.29 is 14.3 Å². The van der Waals surface area contributed by atoms with Gasteiger partial charge in [0.05, 0.1) is 24.5 Å². The molecule has 0 N–H and O–H groups in total. The molecule has 0 fully saturated rings. The summed E-state index contributed by atoms with van der Waals surface area (Å²) < 4.78 is 11.0. The molecule has 5 nitrogen and oxygen atoms in total. The number of benzene rings is 1. The first kappa shape index (κ1) is 18.5. The summed E-state index contributed by atoms with van der Waals surface area (Å²) in [5, 5.41) is 0.900. The molecule has 0 spiro atoms. The van der Waals surface area contributed by atoms with Crippen molar-refractivity contribution in [2.45, 2.75) is 46.0 Å². The predicted octanol–water partition coefficient (Wildman–Crippen LogP) is 4.58. The Morgan fingerprint density at radius 2 is 2.00 bits per heavy atom. The maximum absolute atomic E-state index is 12.6. The molecule has 0 aliphatic carbocycles. The molecule has 2 aromatic rings. The predicted molar refractivity (Wildman–Crippen MR) is 104 cm³/mol. The number of carbonyl (C=O) groups excluding carboxylic acids is 1. The van der Waals surface area contributed by atoms with E-state index in [1.54, 1.807) is 13.3 Å². The van der Waals surface area contributed by atoms with Gasteiger partial charge in [-0.25, -0.2) is 0 Å². The molecule has 26 heavy (non-hydrogen) atoms. The zero-order valence-corrected chi connectivity index (χ0v) is 16.0. The maximum Gasteiger partial charge on any atom is 0.265 e. The Labute approximate surface area is 155 Å². The Kier molecular flexibility index (Phi) is 5.96. The van der Waals surface area contributed by atoms with Crippen LogP contribution in [-0.2, 0) is 4.79 Å². The van der Waals surface area contributed by atoms with Crippen LogP contribution >= 0.6 is 0 Å². The van der Waals surface area contributed by atoms with Crippen LogP contribution in [0.4, 0.5) is 5.69 Å². The lowest BCUT2D eigenvalue weighted by molar-refractivity contribution is -0.121. The molecule has 1 aliphatic rings. The molecule has 0 saturated heterocycles. The summed E-state index contributed by atoms with van der Waals surface area (Å²) in [6, 6.07) is 5.74. The van der Waals surface area contributed by atoms with Gasteiger partial charge in [-0.2, -0.15) is 0 Å². The zero-order valence-electron chi connectivity index (χ0n) is 16.0. The van der Waals surface area contributed by atoms with Crippen molar-refractivity contribution >= 4 is 22.5 Å². The summed E-state index contributed by atoms with van der Waals surface area (Å²) in [7, 11) is 1.64. The fourth-order valence-electron chi connectivity index (χ4n) is 3.79. The smallest absolute Gasteiger partial charge is 0.265 e. The molecule has 0 saturated carbocycles. The van der Waals surface area contributed by atoms with Gasteiger partial charge in [0.2, 0.25) is 0 Å². The Balaban J connectivity index is 1.94. The fourth-order valence-corrected chi connectivity index (χ4v) is 3.79. The van der Waals surface area contributed by atoms with Gasteiger partial charge in [0.1, 0.15) is 5.75 Å². The molecule has 0 bridgehead atoms. The van der Waals surface area contributed by atoms with Gasteiger partial charge in [-0.3, -0.25) is 9.78 Å². The van der Waals surface area contributed by atoms with Crippen LogP contribution < -0.4 is 14.4 Å². The SMILES string of the molecule is CCCC(CCC)CCN1C(=O)COc2cnc3ccc(OC)cc3c21. The molecule has 0 atom stereocenters. The monoisotopic (exact) mass is 356 g/mol. The summed E-state index contributed by atoms with van der Waals surface area (Å²) in [6.45, 7) is 5.25. The van der Waals surface area contributed by atoms with E-state index in [1.165, 1.54) is 25.7 Å². The van der Waals surface area contributed by atoms with E-state index in [0.717, 1.165) is 35.3 Å². The summed E-state index contributed by atoms with van der Waals surface area (Å²) in [5.74, 6) is 2.10. The van der Waals surface area contributed by atoms with Gasteiger partial charge in [-0.05, 0) is 30.5 Å². The van der Waals surface area contributed by atoms with Crippen LogP contribution in [-0.4, -0.2) is 31.2 Å². The van der Waals surface area contributed by atoms with Crippen molar-refractivity contribution in [3.63, 3.8) is 0 Å². The highest BCUT2D eigenvalue weighted by molar-refractivity contribution is 6.07. The third kappa shape index (κ3) is 3.76. The summed E-state index contributed by atoms with van der Waals surface area (Å²) in [6.07, 6.45) is 7.53. The summed E-state index contributed by atoms with van der Waals surface area (Å²) in [5.41, 5.74) is 1.67. The van der Waals surface area contributed by atoms with Gasteiger partial charge in [0.15, 0.2) is 12.4 Å². The van der Waals surface area contributed by atoms with Crippen LogP contribution in [0.3, 0.4) is 0 Å². The van der Waals surface area contributed by atoms with Crippen LogP contribution in [0.1, 0.15) is 46.0 Å². The number of amides is 1. The molecule has 140 valence electrons. The molecular formula is C21H28N2O3. The van der Waals surface area contributed by atoms with Crippen molar-refractivity contribution in [2.24, 2.45) is 5.92 Å². The molecule has 3 rings (SSSR count). The third-order valence-corrected chi connectivity index (χ3v) is 5.09. The van der Waals surface area contributed by atoms with E-state index >= 15 is 0 Å². The number of ether oxygens (including phenoxy) is 2. The Bertz CT molecular complexity index is 764. The molecular weight excluding hydrogens is 328 g/mol. The minimum absolute atomic E-state index is 0.0135. The molecule has 5 heteroatoms. The number of pyridine rings is 1. The van der Waals surface area contributed by atoms with Gasteiger partial charge >= 0.3 is 0 Å². The van der Waals surface area contributed by atoms with Gasteiger partial charge in [0, 0.05) is 11.9 Å².